The molecule has 1 aliphatic rings. The van der Waals surface area contributed by atoms with Gasteiger partial charge in [-0.1, -0.05) is 7.43 Å². The van der Waals surface area contributed by atoms with Gasteiger partial charge in [0.2, 0.25) is 0 Å². The summed E-state index contributed by atoms with van der Waals surface area (Å²) in [6, 6.07) is 4.40. The van der Waals surface area contributed by atoms with Crippen LogP contribution in [0.4, 0.5) is 19.0 Å². The normalized spacial score (nSPS) is 17.3. The zero-order valence-electron chi connectivity index (χ0n) is 20.6. The lowest BCUT2D eigenvalue weighted by molar-refractivity contribution is -0.192. The largest absolute Gasteiger partial charge is 0.490 e. The molecule has 0 spiro atoms. The average molecular weight is 576 g/mol. The van der Waals surface area contributed by atoms with Gasteiger partial charge in [0.05, 0.1) is 23.0 Å². The molecule has 13 heteroatoms. The van der Waals surface area contributed by atoms with Gasteiger partial charge < -0.3 is 20.4 Å². The molecule has 1 aliphatic carbocycles. The predicted molar refractivity (Wildman–Crippen MR) is 147 cm³/mol. The zero-order chi connectivity index (χ0) is 27.9. The highest BCUT2D eigenvalue weighted by atomic mass is 32.1. The summed E-state index contributed by atoms with van der Waals surface area (Å²) in [4.78, 5) is 18.7. The first-order chi connectivity index (χ1) is 18.5. The Bertz CT molecular complexity index is 1650. The molecule has 212 valence electrons. The van der Waals surface area contributed by atoms with Crippen LogP contribution in [0, 0.1) is 6.92 Å². The van der Waals surface area contributed by atoms with E-state index in [1.807, 2.05) is 23.1 Å². The Balaban J connectivity index is 0.000000413. The standard InChI is InChI=1S/C24H23N5O2S.C2HF3O2.CH4/c1-13-22(17-6-7-26-11-21(17)32-13)20-8-18-19(10-27-24(25)23(18)31-20)14-9-28-29(12-14)15-2-4-16(30)5-3-15;3-2(4,5)1(6)7;/h6-12,15-16,30H,2-5H2,1H3,(H2,25,27);(H,6,7);1H4. The fourth-order valence-electron chi connectivity index (χ4n) is 4.78. The number of halogens is 3. The fourth-order valence-corrected chi connectivity index (χ4v) is 5.81. The van der Waals surface area contributed by atoms with E-state index < -0.39 is 12.1 Å². The molecule has 0 saturated heterocycles. The number of aliphatic hydroxyl groups is 1. The number of fused-ring (bicyclic) bond motifs is 2. The number of furan rings is 1. The molecule has 0 aliphatic heterocycles. The lowest BCUT2D eigenvalue weighted by Crippen LogP contribution is -2.21. The SMILES string of the molecule is C.Cc1sc2cnccc2c1-c1cc2c(-c3cnn(C4CCC(O)CC4)c3)cnc(N)c2o1.O=C(O)C(F)(F)F. The third kappa shape index (κ3) is 5.65. The van der Waals surface area contributed by atoms with Crippen molar-refractivity contribution in [2.75, 3.05) is 5.73 Å². The van der Waals surface area contributed by atoms with Crippen LogP contribution in [0.5, 0.6) is 0 Å². The lowest BCUT2D eigenvalue weighted by atomic mass is 9.93. The molecule has 40 heavy (non-hydrogen) atoms. The number of pyridine rings is 2. The number of nitrogens with two attached hydrogens (primary N) is 1. The molecule has 4 N–H and O–H groups in total. The van der Waals surface area contributed by atoms with Gasteiger partial charge in [0.25, 0.3) is 0 Å². The number of nitrogen functional groups attached to an aromatic ring is 1. The highest BCUT2D eigenvalue weighted by Crippen LogP contribution is 2.42. The number of aromatic nitrogens is 4. The molecule has 0 amide bonds. The van der Waals surface area contributed by atoms with E-state index in [4.69, 9.17) is 20.1 Å². The minimum atomic E-state index is -5.08. The number of aliphatic carboxylic acids is 1. The minimum absolute atomic E-state index is 0. The summed E-state index contributed by atoms with van der Waals surface area (Å²) in [6.45, 7) is 2.10. The average Bonchev–Trinajstić information content (AvgIpc) is 3.61. The van der Waals surface area contributed by atoms with E-state index in [2.05, 4.69) is 34.3 Å². The molecule has 5 aromatic rings. The third-order valence-electron chi connectivity index (χ3n) is 6.70. The topological polar surface area (TPSA) is 140 Å². The van der Waals surface area contributed by atoms with E-state index in [9.17, 15) is 18.3 Å². The van der Waals surface area contributed by atoms with E-state index >= 15 is 0 Å². The summed E-state index contributed by atoms with van der Waals surface area (Å²) in [5.74, 6) is -1.60. The van der Waals surface area contributed by atoms with Crippen LogP contribution < -0.4 is 5.73 Å². The molecule has 0 unspecified atom stereocenters. The maximum atomic E-state index is 10.6. The second kappa shape index (κ2) is 11.3. The van der Waals surface area contributed by atoms with Crippen molar-refractivity contribution >= 4 is 44.2 Å². The molecule has 1 saturated carbocycles. The second-order valence-electron chi connectivity index (χ2n) is 9.29. The van der Waals surface area contributed by atoms with Crippen LogP contribution in [0.15, 0.2) is 47.5 Å². The molecule has 0 bridgehead atoms. The number of aryl methyl sites for hydroxylation is 1. The Hall–Kier alpha value is -3.97. The molecule has 6 rings (SSSR count). The van der Waals surface area contributed by atoms with Crippen LogP contribution >= 0.6 is 11.3 Å². The zero-order valence-corrected chi connectivity index (χ0v) is 21.5. The molecular weight excluding hydrogens is 547 g/mol. The Morgan fingerprint density at radius 2 is 1.88 bits per heavy atom. The van der Waals surface area contributed by atoms with Crippen LogP contribution in [-0.2, 0) is 4.79 Å². The van der Waals surface area contributed by atoms with Gasteiger partial charge in [-0.15, -0.1) is 11.3 Å². The van der Waals surface area contributed by atoms with Crippen molar-refractivity contribution in [3.63, 3.8) is 0 Å². The van der Waals surface area contributed by atoms with Gasteiger partial charge in [0, 0.05) is 57.1 Å². The van der Waals surface area contributed by atoms with Crippen molar-refractivity contribution in [3.8, 4) is 22.5 Å². The Kier molecular flexibility index (Phi) is 8.17. The van der Waals surface area contributed by atoms with Crippen LogP contribution in [-0.4, -0.2) is 48.2 Å². The number of carboxylic acids is 1. The number of alkyl halides is 3. The number of nitrogens with zero attached hydrogens (tertiary/aromatic N) is 4. The highest BCUT2D eigenvalue weighted by molar-refractivity contribution is 7.19. The quantitative estimate of drug-likeness (QED) is 0.218. The Morgan fingerprint density at radius 3 is 2.55 bits per heavy atom. The van der Waals surface area contributed by atoms with Crippen LogP contribution in [0.3, 0.4) is 0 Å². The predicted octanol–water partition coefficient (Wildman–Crippen LogP) is 6.60. The number of hydrogen-bond donors (Lipinski definition) is 3. The maximum Gasteiger partial charge on any atom is 0.490 e. The molecular formula is C27H28F3N5O4S. The third-order valence-corrected chi connectivity index (χ3v) is 7.75. The molecule has 0 atom stereocenters. The number of aliphatic hydroxyl groups excluding tert-OH is 1. The molecule has 0 aromatic carbocycles. The van der Waals surface area contributed by atoms with Gasteiger partial charge in [0.15, 0.2) is 11.4 Å². The van der Waals surface area contributed by atoms with E-state index in [1.165, 1.54) is 4.88 Å². The van der Waals surface area contributed by atoms with E-state index in [1.54, 1.807) is 23.7 Å². The van der Waals surface area contributed by atoms with Crippen molar-refractivity contribution in [1.29, 1.82) is 0 Å². The molecule has 5 aromatic heterocycles. The number of hydrogen-bond acceptors (Lipinski definition) is 8. The van der Waals surface area contributed by atoms with Crippen LogP contribution in [0.1, 0.15) is 44.0 Å². The summed E-state index contributed by atoms with van der Waals surface area (Å²) >= 11 is 1.71. The van der Waals surface area contributed by atoms with E-state index in [0.717, 1.165) is 63.6 Å². The van der Waals surface area contributed by atoms with Gasteiger partial charge in [-0.05, 0) is 44.7 Å². The first kappa shape index (κ1) is 29.0. The van der Waals surface area contributed by atoms with E-state index in [-0.39, 0.29) is 13.5 Å². The molecule has 9 nitrogen and oxygen atoms in total. The van der Waals surface area contributed by atoms with Crippen LogP contribution in [0.25, 0.3) is 43.5 Å². The highest BCUT2D eigenvalue weighted by Gasteiger charge is 2.38. The molecule has 0 radical (unpaired) electrons. The number of carbonyl (C=O) groups is 1. The monoisotopic (exact) mass is 575 g/mol. The van der Waals surface area contributed by atoms with Gasteiger partial charge in [0.1, 0.15) is 5.76 Å². The van der Waals surface area contributed by atoms with Crippen molar-refractivity contribution in [3.05, 3.63) is 48.0 Å². The van der Waals surface area contributed by atoms with Crippen molar-refractivity contribution in [1.82, 2.24) is 19.7 Å². The second-order valence-corrected chi connectivity index (χ2v) is 10.5. The van der Waals surface area contributed by atoms with Gasteiger partial charge in [-0.2, -0.15) is 18.3 Å². The summed E-state index contributed by atoms with van der Waals surface area (Å²) < 4.78 is 41.2. The fraction of sp³-hybridized carbons (Fsp3) is 0.333. The molecule has 1 fully saturated rings. The first-order valence-electron chi connectivity index (χ1n) is 12.1. The van der Waals surface area contributed by atoms with Gasteiger partial charge in [-0.3, -0.25) is 9.67 Å². The Morgan fingerprint density at radius 1 is 1.18 bits per heavy atom. The minimum Gasteiger partial charge on any atom is -0.475 e. The van der Waals surface area contributed by atoms with Gasteiger partial charge >= 0.3 is 12.1 Å². The summed E-state index contributed by atoms with van der Waals surface area (Å²) in [7, 11) is 0. The molecule has 5 heterocycles. The smallest absolute Gasteiger partial charge is 0.475 e. The van der Waals surface area contributed by atoms with Crippen LogP contribution in [0.2, 0.25) is 0 Å². The summed E-state index contributed by atoms with van der Waals surface area (Å²) in [5, 5.41) is 23.6. The lowest BCUT2D eigenvalue weighted by Gasteiger charge is -2.25. The number of rotatable bonds is 3. The number of thiophene rings is 1. The van der Waals surface area contributed by atoms with Crippen molar-refractivity contribution < 1.29 is 32.6 Å². The number of anilines is 1. The summed E-state index contributed by atoms with van der Waals surface area (Å²) in [5.41, 5.74) is 9.80. The van der Waals surface area contributed by atoms with Crippen molar-refractivity contribution in [2.45, 2.75) is 58.4 Å². The van der Waals surface area contributed by atoms with E-state index in [0.29, 0.717) is 17.4 Å². The summed E-state index contributed by atoms with van der Waals surface area (Å²) in [6.07, 6.45) is 7.69. The first-order valence-corrected chi connectivity index (χ1v) is 12.9. The van der Waals surface area contributed by atoms with Crippen molar-refractivity contribution in [2.24, 2.45) is 0 Å². The Labute approximate surface area is 231 Å². The maximum absolute atomic E-state index is 10.6. The van der Waals surface area contributed by atoms with Gasteiger partial charge in [-0.25, -0.2) is 9.78 Å². The number of carboxylic acid groups (broad SMARTS) is 1.